The highest BCUT2D eigenvalue weighted by Crippen LogP contribution is 2.47. The van der Waals surface area contributed by atoms with E-state index in [2.05, 4.69) is 19.9 Å². The minimum absolute atomic E-state index is 0.419. The van der Waals surface area contributed by atoms with Gasteiger partial charge in [-0.1, -0.05) is 0 Å². The van der Waals surface area contributed by atoms with Gasteiger partial charge in [-0.25, -0.2) is 9.97 Å². The zero-order valence-corrected chi connectivity index (χ0v) is 14.0. The third kappa shape index (κ3) is 3.31. The van der Waals surface area contributed by atoms with E-state index in [0.717, 1.165) is 17.9 Å². The van der Waals surface area contributed by atoms with E-state index in [4.69, 9.17) is 13.9 Å². The summed E-state index contributed by atoms with van der Waals surface area (Å²) in [6, 6.07) is 3.95. The lowest BCUT2D eigenvalue weighted by Gasteiger charge is -2.09. The number of methoxy groups -OCH3 is 1. The molecule has 0 radical (unpaired) electrons. The maximum atomic E-state index is 5.97. The Morgan fingerprint density at radius 1 is 1.20 bits per heavy atom. The molecule has 0 spiro atoms. The number of rotatable bonds is 6. The standard InChI is InChI=1S/C18H18N4O3/c1-11-20-7-15(17-8-19-10-25-17)18(22-11)24-9-12-5-14(12)16-4-3-13(23-2)6-21-16/h3-4,6-8,10,12,14H,5,9H2,1-2H3/t12-,14+/m1/s1. The molecule has 128 valence electrons. The second kappa shape index (κ2) is 6.51. The molecule has 1 aliphatic rings. The van der Waals surface area contributed by atoms with Gasteiger partial charge in [-0.05, 0) is 25.5 Å². The van der Waals surface area contributed by atoms with E-state index in [1.807, 2.05) is 19.1 Å². The van der Waals surface area contributed by atoms with Crippen LogP contribution in [0.5, 0.6) is 11.6 Å². The fourth-order valence-corrected chi connectivity index (χ4v) is 2.79. The first kappa shape index (κ1) is 15.6. The molecule has 3 heterocycles. The summed E-state index contributed by atoms with van der Waals surface area (Å²) in [4.78, 5) is 17.0. The van der Waals surface area contributed by atoms with E-state index in [0.29, 0.717) is 41.5 Å². The molecule has 0 amide bonds. The van der Waals surface area contributed by atoms with Gasteiger partial charge in [0.25, 0.3) is 0 Å². The Balaban J connectivity index is 1.43. The van der Waals surface area contributed by atoms with Crippen LogP contribution in [0.4, 0.5) is 0 Å². The Morgan fingerprint density at radius 3 is 2.84 bits per heavy atom. The molecule has 3 aromatic heterocycles. The smallest absolute Gasteiger partial charge is 0.228 e. The summed E-state index contributed by atoms with van der Waals surface area (Å²) < 4.78 is 16.5. The highest BCUT2D eigenvalue weighted by Gasteiger charge is 2.40. The maximum Gasteiger partial charge on any atom is 0.228 e. The van der Waals surface area contributed by atoms with Crippen molar-refractivity contribution in [2.24, 2.45) is 5.92 Å². The molecule has 7 heteroatoms. The van der Waals surface area contributed by atoms with Crippen LogP contribution in [0.1, 0.15) is 23.9 Å². The number of ether oxygens (including phenoxy) is 2. The predicted octanol–water partition coefficient (Wildman–Crippen LogP) is 3.03. The van der Waals surface area contributed by atoms with Gasteiger partial charge in [-0.2, -0.15) is 4.98 Å². The van der Waals surface area contributed by atoms with Gasteiger partial charge in [-0.15, -0.1) is 0 Å². The van der Waals surface area contributed by atoms with Gasteiger partial charge in [0.05, 0.1) is 31.7 Å². The summed E-state index contributed by atoms with van der Waals surface area (Å²) in [7, 11) is 1.64. The van der Waals surface area contributed by atoms with Crippen molar-refractivity contribution in [3.05, 3.63) is 48.6 Å². The van der Waals surface area contributed by atoms with Crippen LogP contribution < -0.4 is 9.47 Å². The molecule has 1 fully saturated rings. The molecule has 7 nitrogen and oxygen atoms in total. The Kier molecular flexibility index (Phi) is 4.05. The van der Waals surface area contributed by atoms with Crippen LogP contribution >= 0.6 is 0 Å². The van der Waals surface area contributed by atoms with Gasteiger partial charge in [0.15, 0.2) is 12.2 Å². The van der Waals surface area contributed by atoms with Crippen LogP contribution in [-0.2, 0) is 0 Å². The van der Waals surface area contributed by atoms with Crippen LogP contribution in [0.15, 0.2) is 41.5 Å². The van der Waals surface area contributed by atoms with Crippen LogP contribution in [-0.4, -0.2) is 33.7 Å². The van der Waals surface area contributed by atoms with E-state index in [1.54, 1.807) is 25.7 Å². The van der Waals surface area contributed by atoms with Crippen LogP contribution in [0.3, 0.4) is 0 Å². The fourth-order valence-electron chi connectivity index (χ4n) is 2.79. The van der Waals surface area contributed by atoms with Gasteiger partial charge in [-0.3, -0.25) is 4.98 Å². The molecule has 0 aliphatic heterocycles. The number of aryl methyl sites for hydroxylation is 1. The van der Waals surface area contributed by atoms with E-state index < -0.39 is 0 Å². The van der Waals surface area contributed by atoms with Crippen LogP contribution in [0, 0.1) is 12.8 Å². The zero-order chi connectivity index (χ0) is 17.2. The maximum absolute atomic E-state index is 5.97. The third-order valence-electron chi connectivity index (χ3n) is 4.30. The molecular formula is C18H18N4O3. The number of hydrogen-bond acceptors (Lipinski definition) is 7. The van der Waals surface area contributed by atoms with Gasteiger partial charge >= 0.3 is 0 Å². The van der Waals surface area contributed by atoms with Crippen molar-refractivity contribution in [3.8, 4) is 23.0 Å². The first-order chi connectivity index (χ1) is 12.2. The fraction of sp³-hybridized carbons (Fsp3) is 0.333. The molecule has 3 aromatic rings. The lowest BCUT2D eigenvalue weighted by atomic mass is 10.2. The quantitative estimate of drug-likeness (QED) is 0.683. The molecule has 0 saturated heterocycles. The van der Waals surface area contributed by atoms with Crippen molar-refractivity contribution in [2.75, 3.05) is 13.7 Å². The number of hydrogen-bond donors (Lipinski definition) is 0. The number of pyridine rings is 1. The molecule has 25 heavy (non-hydrogen) atoms. The minimum Gasteiger partial charge on any atom is -0.495 e. The van der Waals surface area contributed by atoms with E-state index >= 15 is 0 Å². The number of nitrogens with zero attached hydrogens (tertiary/aromatic N) is 4. The summed E-state index contributed by atoms with van der Waals surface area (Å²) >= 11 is 0. The lowest BCUT2D eigenvalue weighted by molar-refractivity contribution is 0.285. The molecule has 4 rings (SSSR count). The first-order valence-electron chi connectivity index (χ1n) is 8.10. The molecular weight excluding hydrogens is 320 g/mol. The van der Waals surface area contributed by atoms with Crippen molar-refractivity contribution in [3.63, 3.8) is 0 Å². The third-order valence-corrected chi connectivity index (χ3v) is 4.30. The van der Waals surface area contributed by atoms with Gasteiger partial charge in [0.1, 0.15) is 11.6 Å². The van der Waals surface area contributed by atoms with Gasteiger partial charge in [0, 0.05) is 23.7 Å². The second-order valence-corrected chi connectivity index (χ2v) is 6.04. The van der Waals surface area contributed by atoms with Gasteiger partial charge in [0.2, 0.25) is 5.88 Å². The van der Waals surface area contributed by atoms with Crippen LogP contribution in [0.25, 0.3) is 11.3 Å². The summed E-state index contributed by atoms with van der Waals surface area (Å²) in [5.41, 5.74) is 1.78. The summed E-state index contributed by atoms with van der Waals surface area (Å²) in [6.07, 6.45) is 7.52. The first-order valence-corrected chi connectivity index (χ1v) is 8.10. The number of oxazole rings is 1. The summed E-state index contributed by atoms with van der Waals surface area (Å²) in [5.74, 6) is 3.39. The summed E-state index contributed by atoms with van der Waals surface area (Å²) in [6.45, 7) is 2.41. The highest BCUT2D eigenvalue weighted by molar-refractivity contribution is 5.61. The van der Waals surface area contributed by atoms with E-state index in [1.165, 1.54) is 6.39 Å². The van der Waals surface area contributed by atoms with Crippen molar-refractivity contribution in [1.82, 2.24) is 19.9 Å². The molecule has 0 unspecified atom stereocenters. The van der Waals surface area contributed by atoms with Crippen molar-refractivity contribution in [1.29, 1.82) is 0 Å². The van der Waals surface area contributed by atoms with Crippen molar-refractivity contribution < 1.29 is 13.9 Å². The Morgan fingerprint density at radius 2 is 2.12 bits per heavy atom. The Labute approximate surface area is 145 Å². The molecule has 1 saturated carbocycles. The van der Waals surface area contributed by atoms with Crippen molar-refractivity contribution in [2.45, 2.75) is 19.3 Å². The topological polar surface area (TPSA) is 83.2 Å². The lowest BCUT2D eigenvalue weighted by Crippen LogP contribution is -2.05. The summed E-state index contributed by atoms with van der Waals surface area (Å²) in [5, 5.41) is 0. The predicted molar refractivity (Wildman–Crippen MR) is 89.4 cm³/mol. The van der Waals surface area contributed by atoms with Crippen LogP contribution in [0.2, 0.25) is 0 Å². The normalized spacial score (nSPS) is 18.8. The van der Waals surface area contributed by atoms with Crippen molar-refractivity contribution >= 4 is 0 Å². The molecule has 0 bridgehead atoms. The Bertz CT molecular complexity index is 849. The monoisotopic (exact) mass is 338 g/mol. The molecule has 1 aliphatic carbocycles. The van der Waals surface area contributed by atoms with Gasteiger partial charge < -0.3 is 13.9 Å². The zero-order valence-electron chi connectivity index (χ0n) is 14.0. The molecule has 0 aromatic carbocycles. The average molecular weight is 338 g/mol. The molecule has 0 N–H and O–H groups in total. The SMILES string of the molecule is COc1ccc([C@H]2C[C@@H]2COc2nc(C)ncc2-c2cnco2)nc1. The highest BCUT2D eigenvalue weighted by atomic mass is 16.5. The average Bonchev–Trinajstić information content (AvgIpc) is 3.21. The number of aromatic nitrogens is 4. The largest absolute Gasteiger partial charge is 0.495 e. The second-order valence-electron chi connectivity index (χ2n) is 6.04. The Hall–Kier alpha value is -2.96. The minimum atomic E-state index is 0.419. The molecule has 2 atom stereocenters. The van der Waals surface area contributed by atoms with E-state index in [-0.39, 0.29) is 0 Å². The van der Waals surface area contributed by atoms with E-state index in [9.17, 15) is 0 Å².